The third-order valence-corrected chi connectivity index (χ3v) is 3.40. The van der Waals surface area contributed by atoms with Crippen LogP contribution in [0.25, 0.3) is 5.65 Å². The van der Waals surface area contributed by atoms with Crippen LogP contribution in [0.15, 0.2) is 18.3 Å². The number of aldehydes is 1. The summed E-state index contributed by atoms with van der Waals surface area (Å²) in [4.78, 5) is 15.4. The first kappa shape index (κ1) is 11.3. The third kappa shape index (κ3) is 2.13. The number of piperidine rings is 1. The van der Waals surface area contributed by atoms with Gasteiger partial charge in [0.05, 0.1) is 5.56 Å². The Morgan fingerprint density at radius 3 is 3.22 bits per heavy atom. The number of rotatable bonds is 3. The lowest BCUT2D eigenvalue weighted by Gasteiger charge is -2.21. The van der Waals surface area contributed by atoms with E-state index in [2.05, 4.69) is 15.4 Å². The van der Waals surface area contributed by atoms with Gasteiger partial charge < -0.3 is 5.32 Å². The van der Waals surface area contributed by atoms with Gasteiger partial charge in [0, 0.05) is 18.7 Å². The van der Waals surface area contributed by atoms with Crippen molar-refractivity contribution in [2.24, 2.45) is 0 Å². The average Bonchev–Trinajstić information content (AvgIpc) is 2.82. The Balaban J connectivity index is 1.86. The molecular weight excluding hydrogens is 228 g/mol. The Morgan fingerprint density at radius 1 is 1.50 bits per heavy atom. The lowest BCUT2D eigenvalue weighted by Crippen LogP contribution is -2.35. The Kier molecular flexibility index (Phi) is 3.06. The van der Waals surface area contributed by atoms with Gasteiger partial charge in [-0.05, 0) is 31.5 Å². The fourth-order valence-electron chi connectivity index (χ4n) is 2.47. The van der Waals surface area contributed by atoms with Gasteiger partial charge in [-0.2, -0.15) is 5.10 Å². The fourth-order valence-corrected chi connectivity index (χ4v) is 2.47. The number of nitrogens with zero attached hydrogens (tertiary/aromatic N) is 3. The molecule has 0 radical (unpaired) electrons. The van der Waals surface area contributed by atoms with Crippen LogP contribution in [0.4, 0.5) is 0 Å². The molecule has 2 aromatic heterocycles. The highest BCUT2D eigenvalue weighted by atomic mass is 16.1. The number of nitrogens with one attached hydrogen (secondary N) is 1. The first-order chi connectivity index (χ1) is 8.86. The molecule has 0 aliphatic carbocycles. The molecule has 0 bridgehead atoms. The van der Waals surface area contributed by atoms with E-state index in [4.69, 9.17) is 0 Å². The zero-order chi connectivity index (χ0) is 12.4. The van der Waals surface area contributed by atoms with Crippen LogP contribution in [0, 0.1) is 0 Å². The largest absolute Gasteiger partial charge is 0.314 e. The number of carbonyl (C=O) groups excluding carboxylic acids is 1. The molecule has 1 unspecified atom stereocenters. The number of pyridine rings is 1. The summed E-state index contributed by atoms with van der Waals surface area (Å²) in [6.07, 6.45) is 7.19. The van der Waals surface area contributed by atoms with Gasteiger partial charge >= 0.3 is 0 Å². The van der Waals surface area contributed by atoms with Crippen molar-refractivity contribution in [1.29, 1.82) is 0 Å². The second-order valence-electron chi connectivity index (χ2n) is 4.73. The van der Waals surface area contributed by atoms with Crippen LogP contribution in [0.5, 0.6) is 0 Å². The quantitative estimate of drug-likeness (QED) is 0.825. The minimum atomic E-state index is 0.468. The van der Waals surface area contributed by atoms with E-state index in [1.165, 1.54) is 19.3 Å². The highest BCUT2D eigenvalue weighted by Crippen LogP contribution is 2.12. The first-order valence-electron chi connectivity index (χ1n) is 6.39. The Bertz CT molecular complexity index is 557. The summed E-state index contributed by atoms with van der Waals surface area (Å²) in [7, 11) is 0. The summed E-state index contributed by atoms with van der Waals surface area (Å²) >= 11 is 0. The summed E-state index contributed by atoms with van der Waals surface area (Å²) in [5, 5.41) is 7.90. The molecule has 5 heteroatoms. The van der Waals surface area contributed by atoms with E-state index in [0.717, 1.165) is 25.1 Å². The van der Waals surface area contributed by atoms with E-state index in [1.807, 2.05) is 12.3 Å². The van der Waals surface area contributed by atoms with Crippen LogP contribution in [0.1, 0.15) is 35.4 Å². The molecule has 1 atom stereocenters. The van der Waals surface area contributed by atoms with Crippen molar-refractivity contribution in [3.05, 3.63) is 29.7 Å². The number of hydrogen-bond acceptors (Lipinski definition) is 4. The summed E-state index contributed by atoms with van der Waals surface area (Å²) in [6, 6.07) is 4.05. The van der Waals surface area contributed by atoms with Crippen molar-refractivity contribution < 1.29 is 4.79 Å². The van der Waals surface area contributed by atoms with Crippen molar-refractivity contribution in [3.63, 3.8) is 0 Å². The van der Waals surface area contributed by atoms with Crippen LogP contribution in [0.3, 0.4) is 0 Å². The molecule has 3 rings (SSSR count). The number of hydrogen-bond donors (Lipinski definition) is 1. The van der Waals surface area contributed by atoms with E-state index < -0.39 is 0 Å². The molecule has 3 heterocycles. The van der Waals surface area contributed by atoms with Crippen LogP contribution in [0.2, 0.25) is 0 Å². The standard InChI is InChI=1S/C13H16N4O/c18-9-10-4-3-7-17-13(10)15-12(16-17)8-11-5-1-2-6-14-11/h3-4,7,9,11,14H,1-2,5-6,8H2. The predicted molar refractivity (Wildman–Crippen MR) is 67.7 cm³/mol. The zero-order valence-corrected chi connectivity index (χ0v) is 10.2. The molecule has 94 valence electrons. The Morgan fingerprint density at radius 2 is 2.44 bits per heavy atom. The van der Waals surface area contributed by atoms with Gasteiger partial charge in [0.2, 0.25) is 0 Å². The predicted octanol–water partition coefficient (Wildman–Crippen LogP) is 1.23. The van der Waals surface area contributed by atoms with E-state index in [9.17, 15) is 4.79 Å². The smallest absolute Gasteiger partial charge is 0.166 e. The summed E-state index contributed by atoms with van der Waals surface area (Å²) < 4.78 is 1.68. The van der Waals surface area contributed by atoms with Gasteiger partial charge in [-0.15, -0.1) is 0 Å². The Labute approximate surface area is 105 Å². The van der Waals surface area contributed by atoms with E-state index >= 15 is 0 Å². The molecule has 0 spiro atoms. The normalized spacial score (nSPS) is 20.1. The molecule has 1 fully saturated rings. The van der Waals surface area contributed by atoms with Gasteiger partial charge in [-0.25, -0.2) is 9.50 Å². The molecule has 18 heavy (non-hydrogen) atoms. The van der Waals surface area contributed by atoms with E-state index in [0.29, 0.717) is 17.3 Å². The molecule has 0 aromatic carbocycles. The number of fused-ring (bicyclic) bond motifs is 1. The molecule has 1 N–H and O–H groups in total. The second-order valence-corrected chi connectivity index (χ2v) is 4.73. The van der Waals surface area contributed by atoms with Crippen LogP contribution in [-0.4, -0.2) is 33.5 Å². The third-order valence-electron chi connectivity index (χ3n) is 3.40. The maximum atomic E-state index is 10.9. The van der Waals surface area contributed by atoms with Gasteiger partial charge in [-0.1, -0.05) is 6.42 Å². The first-order valence-corrected chi connectivity index (χ1v) is 6.39. The van der Waals surface area contributed by atoms with Crippen molar-refractivity contribution in [3.8, 4) is 0 Å². The molecule has 1 aliphatic rings. The Hall–Kier alpha value is -1.75. The summed E-state index contributed by atoms with van der Waals surface area (Å²) in [5.41, 5.74) is 1.24. The lowest BCUT2D eigenvalue weighted by molar-refractivity contribution is 0.112. The molecule has 2 aromatic rings. The fraction of sp³-hybridized carbons (Fsp3) is 0.462. The van der Waals surface area contributed by atoms with Crippen molar-refractivity contribution in [2.45, 2.75) is 31.7 Å². The van der Waals surface area contributed by atoms with Gasteiger partial charge in [0.1, 0.15) is 0 Å². The van der Waals surface area contributed by atoms with Crippen LogP contribution < -0.4 is 5.32 Å². The molecule has 0 saturated carbocycles. The van der Waals surface area contributed by atoms with Gasteiger partial charge in [0.25, 0.3) is 0 Å². The second kappa shape index (κ2) is 4.86. The molecule has 1 saturated heterocycles. The zero-order valence-electron chi connectivity index (χ0n) is 10.2. The maximum Gasteiger partial charge on any atom is 0.166 e. The maximum absolute atomic E-state index is 10.9. The minimum Gasteiger partial charge on any atom is -0.314 e. The molecule has 0 amide bonds. The highest BCUT2D eigenvalue weighted by molar-refractivity contribution is 5.83. The average molecular weight is 244 g/mol. The van der Waals surface area contributed by atoms with Gasteiger partial charge in [-0.3, -0.25) is 4.79 Å². The molecule has 1 aliphatic heterocycles. The summed E-state index contributed by atoms with van der Waals surface area (Å²) in [6.45, 7) is 1.08. The minimum absolute atomic E-state index is 0.468. The van der Waals surface area contributed by atoms with Crippen molar-refractivity contribution in [1.82, 2.24) is 19.9 Å². The topological polar surface area (TPSA) is 59.3 Å². The van der Waals surface area contributed by atoms with E-state index in [1.54, 1.807) is 10.6 Å². The van der Waals surface area contributed by atoms with Gasteiger partial charge in [0.15, 0.2) is 17.8 Å². The van der Waals surface area contributed by atoms with Crippen molar-refractivity contribution >= 4 is 11.9 Å². The van der Waals surface area contributed by atoms with Crippen LogP contribution in [-0.2, 0) is 6.42 Å². The highest BCUT2D eigenvalue weighted by Gasteiger charge is 2.16. The summed E-state index contributed by atoms with van der Waals surface area (Å²) in [5.74, 6) is 0.809. The molecular formula is C13H16N4O. The molecule has 5 nitrogen and oxygen atoms in total. The van der Waals surface area contributed by atoms with E-state index in [-0.39, 0.29) is 0 Å². The number of carbonyl (C=O) groups is 1. The van der Waals surface area contributed by atoms with Crippen molar-refractivity contribution in [2.75, 3.05) is 6.54 Å². The lowest BCUT2D eigenvalue weighted by atomic mass is 10.0. The number of aromatic nitrogens is 3. The monoisotopic (exact) mass is 244 g/mol. The SMILES string of the molecule is O=Cc1cccn2nc(CC3CCCCN3)nc12. The van der Waals surface area contributed by atoms with Crippen LogP contribution >= 0.6 is 0 Å².